The van der Waals surface area contributed by atoms with Gasteiger partial charge in [0.25, 0.3) is 5.91 Å². The number of nitriles is 1. The molecule has 0 radical (unpaired) electrons. The van der Waals surface area contributed by atoms with E-state index in [9.17, 15) is 14.4 Å². The molecule has 2 amide bonds. The van der Waals surface area contributed by atoms with E-state index in [1.807, 2.05) is 42.5 Å². The molecule has 0 aliphatic carbocycles. The summed E-state index contributed by atoms with van der Waals surface area (Å²) in [5.41, 5.74) is 2.49. The first kappa shape index (κ1) is 23.8. The van der Waals surface area contributed by atoms with Gasteiger partial charge in [-0.2, -0.15) is 17.0 Å². The molecule has 0 aromatic heterocycles. The number of amides is 2. The summed E-state index contributed by atoms with van der Waals surface area (Å²) in [6, 6.07) is 26.1. The Labute approximate surface area is 197 Å². The first-order chi connectivity index (χ1) is 16.1. The first-order valence-electron chi connectivity index (χ1n) is 10.4. The third-order valence-electron chi connectivity index (χ3n) is 4.80. The highest BCUT2D eigenvalue weighted by molar-refractivity contribution is 7.98. The predicted molar refractivity (Wildman–Crippen MR) is 129 cm³/mol. The summed E-state index contributed by atoms with van der Waals surface area (Å²) in [7, 11) is 0. The van der Waals surface area contributed by atoms with Gasteiger partial charge < -0.3 is 10.6 Å². The van der Waals surface area contributed by atoms with Crippen molar-refractivity contribution in [1.29, 1.82) is 5.26 Å². The van der Waals surface area contributed by atoms with Crippen LogP contribution < -0.4 is 10.6 Å². The molecule has 0 aliphatic heterocycles. The summed E-state index contributed by atoms with van der Waals surface area (Å²) in [5.74, 6) is 0.0680. The van der Waals surface area contributed by atoms with Crippen molar-refractivity contribution in [2.24, 2.45) is 0 Å². The molecule has 0 saturated heterocycles. The second-order valence-corrected chi connectivity index (χ2v) is 8.21. The maximum atomic E-state index is 12.8. The van der Waals surface area contributed by atoms with Crippen LogP contribution in [-0.2, 0) is 10.5 Å². The quantitative estimate of drug-likeness (QED) is 0.358. The van der Waals surface area contributed by atoms with Gasteiger partial charge in [-0.15, -0.1) is 0 Å². The van der Waals surface area contributed by atoms with Crippen molar-refractivity contribution in [3.05, 3.63) is 107 Å². The minimum Gasteiger partial charge on any atom is -0.341 e. The fraction of sp³-hybridized carbons (Fsp3) is 0.154. The van der Waals surface area contributed by atoms with Crippen molar-refractivity contribution in [2.75, 3.05) is 12.3 Å². The molecule has 6 nitrogen and oxygen atoms in total. The van der Waals surface area contributed by atoms with Gasteiger partial charge in [0, 0.05) is 28.2 Å². The second kappa shape index (κ2) is 12.2. The van der Waals surface area contributed by atoms with E-state index in [1.165, 1.54) is 11.8 Å². The Bertz CT molecular complexity index is 1130. The normalized spacial score (nSPS) is 11.1. The molecule has 0 aliphatic rings. The predicted octanol–water partition coefficient (Wildman–Crippen LogP) is 3.59. The monoisotopic (exact) mass is 457 g/mol. The lowest BCUT2D eigenvalue weighted by molar-refractivity contribution is -0.122. The fourth-order valence-electron chi connectivity index (χ4n) is 3.07. The third kappa shape index (κ3) is 7.06. The Balaban J connectivity index is 1.64. The summed E-state index contributed by atoms with van der Waals surface area (Å²) in [4.78, 5) is 37.8. The lowest BCUT2D eigenvalue weighted by atomic mass is 10.0. The Morgan fingerprint density at radius 2 is 1.39 bits per heavy atom. The van der Waals surface area contributed by atoms with Crippen LogP contribution >= 0.6 is 11.8 Å². The summed E-state index contributed by atoms with van der Waals surface area (Å²) < 4.78 is 0. The van der Waals surface area contributed by atoms with Crippen molar-refractivity contribution in [3.8, 4) is 6.07 Å². The van der Waals surface area contributed by atoms with Crippen LogP contribution in [0.3, 0.4) is 0 Å². The van der Waals surface area contributed by atoms with Gasteiger partial charge >= 0.3 is 0 Å². The zero-order valence-electron chi connectivity index (χ0n) is 17.9. The number of hydrogen-bond donors (Lipinski definition) is 2. The van der Waals surface area contributed by atoms with E-state index in [0.29, 0.717) is 28.2 Å². The molecular formula is C26H23N3O3S. The molecule has 7 heteroatoms. The molecule has 33 heavy (non-hydrogen) atoms. The van der Waals surface area contributed by atoms with E-state index in [-0.39, 0.29) is 12.3 Å². The van der Waals surface area contributed by atoms with Crippen LogP contribution in [-0.4, -0.2) is 35.9 Å². The number of nitrogens with one attached hydrogen (secondary N) is 2. The number of rotatable bonds is 10. The summed E-state index contributed by atoms with van der Waals surface area (Å²) in [6.45, 7) is -0.134. The highest BCUT2D eigenvalue weighted by Crippen LogP contribution is 2.14. The molecule has 2 N–H and O–H groups in total. The largest absolute Gasteiger partial charge is 0.341 e. The van der Waals surface area contributed by atoms with Gasteiger partial charge in [0.1, 0.15) is 12.6 Å². The Morgan fingerprint density at radius 3 is 2.03 bits per heavy atom. The average molecular weight is 458 g/mol. The van der Waals surface area contributed by atoms with Crippen LogP contribution in [0.2, 0.25) is 0 Å². The molecule has 166 valence electrons. The molecule has 1 atom stereocenters. The van der Waals surface area contributed by atoms with Gasteiger partial charge in [0.05, 0.1) is 6.07 Å². The maximum absolute atomic E-state index is 12.8. The summed E-state index contributed by atoms with van der Waals surface area (Å²) >= 11 is 1.51. The zero-order valence-corrected chi connectivity index (χ0v) is 18.7. The number of nitrogens with zero attached hydrogens (tertiary/aromatic N) is 1. The lowest BCUT2D eigenvalue weighted by Crippen LogP contribution is -2.48. The van der Waals surface area contributed by atoms with Crippen LogP contribution in [0.4, 0.5) is 0 Å². The van der Waals surface area contributed by atoms with E-state index in [0.717, 1.165) is 5.56 Å². The van der Waals surface area contributed by atoms with Crippen molar-refractivity contribution in [1.82, 2.24) is 10.6 Å². The zero-order chi connectivity index (χ0) is 23.5. The van der Waals surface area contributed by atoms with E-state index in [2.05, 4.69) is 10.6 Å². The molecule has 0 bridgehead atoms. The van der Waals surface area contributed by atoms with Gasteiger partial charge in [-0.05, 0) is 17.7 Å². The molecule has 0 fully saturated rings. The van der Waals surface area contributed by atoms with Crippen LogP contribution in [0.25, 0.3) is 0 Å². The van der Waals surface area contributed by atoms with E-state index in [4.69, 9.17) is 5.26 Å². The smallest absolute Gasteiger partial charge is 0.251 e. The molecule has 0 heterocycles. The number of hydrogen-bond acceptors (Lipinski definition) is 5. The van der Waals surface area contributed by atoms with E-state index in [1.54, 1.807) is 48.5 Å². The molecule has 3 aromatic rings. The van der Waals surface area contributed by atoms with E-state index >= 15 is 0 Å². The van der Waals surface area contributed by atoms with Crippen molar-refractivity contribution in [3.63, 3.8) is 0 Å². The average Bonchev–Trinajstić information content (AvgIpc) is 2.87. The standard InChI is InChI=1S/C26H23N3O3S/c27-15-16-28-26(32)23(18-33-17-19-7-3-1-4-8-19)29-25(31)22-13-11-21(12-14-22)24(30)20-9-5-2-6-10-20/h1-14,23H,16-18H2,(H,28,32)(H,29,31). The lowest BCUT2D eigenvalue weighted by Gasteiger charge is -2.18. The van der Waals surface area contributed by atoms with Gasteiger partial charge in [-0.1, -0.05) is 72.8 Å². The fourth-order valence-corrected chi connectivity index (χ4v) is 4.09. The summed E-state index contributed by atoms with van der Waals surface area (Å²) in [6.07, 6.45) is 0. The van der Waals surface area contributed by atoms with Crippen molar-refractivity contribution >= 4 is 29.4 Å². The SMILES string of the molecule is N#CCNC(=O)C(CSCc1ccccc1)NC(=O)c1ccc(C(=O)c2ccccc2)cc1. The Hall–Kier alpha value is -3.89. The number of ketones is 1. The van der Waals surface area contributed by atoms with Crippen molar-refractivity contribution < 1.29 is 14.4 Å². The topological polar surface area (TPSA) is 99.1 Å². The van der Waals surface area contributed by atoms with Crippen LogP contribution in [0.5, 0.6) is 0 Å². The third-order valence-corrected chi connectivity index (χ3v) is 5.91. The molecule has 3 rings (SSSR count). The minimum atomic E-state index is -0.801. The molecule has 0 spiro atoms. The number of benzene rings is 3. The first-order valence-corrected chi connectivity index (χ1v) is 11.5. The number of carbonyl (C=O) groups is 3. The van der Waals surface area contributed by atoms with Gasteiger partial charge in [0.15, 0.2) is 5.78 Å². The molecular weight excluding hydrogens is 434 g/mol. The molecule has 0 saturated carbocycles. The van der Waals surface area contributed by atoms with Crippen LogP contribution in [0.15, 0.2) is 84.9 Å². The Kier molecular flexibility index (Phi) is 8.80. The maximum Gasteiger partial charge on any atom is 0.251 e. The highest BCUT2D eigenvalue weighted by atomic mass is 32.2. The van der Waals surface area contributed by atoms with Gasteiger partial charge in [-0.25, -0.2) is 0 Å². The van der Waals surface area contributed by atoms with Gasteiger partial charge in [-0.3, -0.25) is 14.4 Å². The Morgan fingerprint density at radius 1 is 0.818 bits per heavy atom. The van der Waals surface area contributed by atoms with E-state index < -0.39 is 17.9 Å². The minimum absolute atomic E-state index is 0.131. The van der Waals surface area contributed by atoms with Crippen LogP contribution in [0.1, 0.15) is 31.8 Å². The van der Waals surface area contributed by atoms with Crippen molar-refractivity contribution in [2.45, 2.75) is 11.8 Å². The second-order valence-electron chi connectivity index (χ2n) is 7.18. The molecule has 1 unspecified atom stereocenters. The van der Waals surface area contributed by atoms with Crippen LogP contribution in [0, 0.1) is 11.3 Å². The highest BCUT2D eigenvalue weighted by Gasteiger charge is 2.21. The summed E-state index contributed by atoms with van der Waals surface area (Å²) in [5, 5.41) is 14.0. The van der Waals surface area contributed by atoms with Gasteiger partial charge in [0.2, 0.25) is 5.91 Å². The number of carbonyl (C=O) groups excluding carboxylic acids is 3. The number of thioether (sulfide) groups is 1. The molecule has 3 aromatic carbocycles.